The molecule has 0 aliphatic rings. The van der Waals surface area contributed by atoms with E-state index < -0.39 is 10.0 Å². The van der Waals surface area contributed by atoms with Crippen LogP contribution in [0, 0.1) is 11.3 Å². The average Bonchev–Trinajstić information content (AvgIpc) is 2.83. The Kier molecular flexibility index (Phi) is 3.66. The van der Waals surface area contributed by atoms with Crippen molar-refractivity contribution in [3.63, 3.8) is 0 Å². The highest BCUT2D eigenvalue weighted by molar-refractivity contribution is 7.94. The summed E-state index contributed by atoms with van der Waals surface area (Å²) < 4.78 is 26.3. The van der Waals surface area contributed by atoms with Crippen molar-refractivity contribution in [3.05, 3.63) is 40.2 Å². The number of hydrogen-bond donors (Lipinski definition) is 2. The van der Waals surface area contributed by atoms with Crippen LogP contribution in [-0.2, 0) is 10.0 Å². The van der Waals surface area contributed by atoms with E-state index >= 15 is 0 Å². The van der Waals surface area contributed by atoms with E-state index in [-0.39, 0.29) is 20.7 Å². The summed E-state index contributed by atoms with van der Waals surface area (Å²) in [5.41, 5.74) is 0.189. The number of aromatic hydroxyl groups is 1. The number of phenols is 1. The van der Waals surface area contributed by atoms with Gasteiger partial charge in [-0.25, -0.2) is 8.42 Å². The number of rotatable bonds is 3. The smallest absolute Gasteiger partial charge is 0.271 e. The third-order valence-electron chi connectivity index (χ3n) is 2.15. The maximum Gasteiger partial charge on any atom is 0.271 e. The number of sulfonamides is 1. The maximum atomic E-state index is 12.0. The van der Waals surface area contributed by atoms with Crippen molar-refractivity contribution in [2.24, 2.45) is 0 Å². The molecular formula is C11H7ClN2O3S2. The molecule has 8 heteroatoms. The molecule has 2 rings (SSSR count). The highest BCUT2D eigenvalue weighted by atomic mass is 35.5. The van der Waals surface area contributed by atoms with Gasteiger partial charge >= 0.3 is 0 Å². The van der Waals surface area contributed by atoms with Crippen LogP contribution in [0.5, 0.6) is 5.75 Å². The minimum atomic E-state index is -3.77. The van der Waals surface area contributed by atoms with Crippen LogP contribution >= 0.6 is 22.9 Å². The monoisotopic (exact) mass is 314 g/mol. The number of anilines is 1. The number of nitriles is 1. The highest BCUT2D eigenvalue weighted by Gasteiger charge is 2.17. The lowest BCUT2D eigenvalue weighted by Crippen LogP contribution is -2.11. The van der Waals surface area contributed by atoms with Gasteiger partial charge in [-0.05, 0) is 24.3 Å². The van der Waals surface area contributed by atoms with Gasteiger partial charge in [-0.2, -0.15) is 5.26 Å². The second kappa shape index (κ2) is 5.09. The summed E-state index contributed by atoms with van der Waals surface area (Å²) in [6.45, 7) is 0. The van der Waals surface area contributed by atoms with E-state index in [2.05, 4.69) is 4.72 Å². The zero-order chi connectivity index (χ0) is 14.0. The topological polar surface area (TPSA) is 90.2 Å². The molecule has 0 aliphatic carbocycles. The van der Waals surface area contributed by atoms with Crippen LogP contribution in [-0.4, -0.2) is 13.5 Å². The van der Waals surface area contributed by atoms with Gasteiger partial charge < -0.3 is 5.11 Å². The van der Waals surface area contributed by atoms with Crippen LogP contribution in [0.2, 0.25) is 5.02 Å². The zero-order valence-corrected chi connectivity index (χ0v) is 11.7. The van der Waals surface area contributed by atoms with E-state index in [0.29, 0.717) is 4.88 Å². The Balaban J connectivity index is 2.31. The Labute approximate surface area is 118 Å². The summed E-state index contributed by atoms with van der Waals surface area (Å²) in [4.78, 5) is 0.305. The average molecular weight is 315 g/mol. The molecule has 2 N–H and O–H groups in total. The van der Waals surface area contributed by atoms with Crippen LogP contribution in [0.1, 0.15) is 4.88 Å². The lowest BCUT2D eigenvalue weighted by molar-refractivity contribution is 0.476. The van der Waals surface area contributed by atoms with Crippen molar-refractivity contribution < 1.29 is 13.5 Å². The molecule has 0 bridgehead atoms. The first-order chi connectivity index (χ1) is 8.92. The minimum Gasteiger partial charge on any atom is -0.506 e. The van der Waals surface area contributed by atoms with E-state index in [0.717, 1.165) is 11.3 Å². The molecule has 0 unspecified atom stereocenters. The van der Waals surface area contributed by atoms with Gasteiger partial charge in [0.15, 0.2) is 0 Å². The van der Waals surface area contributed by atoms with Crippen LogP contribution in [0.3, 0.4) is 0 Å². The normalized spacial score (nSPS) is 10.9. The summed E-state index contributed by atoms with van der Waals surface area (Å²) >= 11 is 6.50. The number of thiophene rings is 1. The van der Waals surface area contributed by atoms with Crippen molar-refractivity contribution in [2.75, 3.05) is 4.72 Å². The van der Waals surface area contributed by atoms with Gasteiger partial charge in [0, 0.05) is 6.07 Å². The molecule has 19 heavy (non-hydrogen) atoms. The molecule has 0 saturated carbocycles. The zero-order valence-electron chi connectivity index (χ0n) is 9.29. The number of hydrogen-bond acceptors (Lipinski definition) is 5. The number of phenolic OH excluding ortho intramolecular Hbond substituents is 1. The summed E-state index contributed by atoms with van der Waals surface area (Å²) in [6, 6.07) is 8.66. The van der Waals surface area contributed by atoms with Crippen LogP contribution in [0.15, 0.2) is 34.5 Å². The summed E-state index contributed by atoms with van der Waals surface area (Å²) in [5, 5.41) is 18.2. The first-order valence-corrected chi connectivity index (χ1v) is 7.61. The Bertz CT molecular complexity index is 762. The molecule has 1 aromatic heterocycles. The molecule has 98 valence electrons. The lowest BCUT2D eigenvalue weighted by Gasteiger charge is -2.06. The maximum absolute atomic E-state index is 12.0. The second-order valence-corrected chi connectivity index (χ2v) is 6.90. The Hall–Kier alpha value is -1.75. The number of nitrogens with zero attached hydrogens (tertiary/aromatic N) is 1. The molecule has 0 spiro atoms. The van der Waals surface area contributed by atoms with Gasteiger partial charge in [-0.1, -0.05) is 11.6 Å². The molecule has 0 aliphatic heterocycles. The first-order valence-electron chi connectivity index (χ1n) is 4.93. The molecular weight excluding hydrogens is 308 g/mol. The van der Waals surface area contributed by atoms with Crippen LogP contribution in [0.4, 0.5) is 5.69 Å². The third kappa shape index (κ3) is 2.98. The third-order valence-corrected chi connectivity index (χ3v) is 5.34. The quantitative estimate of drug-likeness (QED) is 0.911. The van der Waals surface area contributed by atoms with Gasteiger partial charge in [0.05, 0.1) is 10.7 Å². The predicted octanol–water partition coefficient (Wildman–Crippen LogP) is 2.78. The SMILES string of the molecule is N#Cc1ccc(S(=O)(=O)Nc2ccc(Cl)c(O)c2)s1. The Morgan fingerprint density at radius 3 is 2.63 bits per heavy atom. The fraction of sp³-hybridized carbons (Fsp3) is 0. The van der Waals surface area contributed by atoms with E-state index in [4.69, 9.17) is 16.9 Å². The summed E-state index contributed by atoms with van der Waals surface area (Å²) in [6.07, 6.45) is 0. The molecule has 0 fully saturated rings. The molecule has 5 nitrogen and oxygen atoms in total. The Morgan fingerprint density at radius 1 is 1.32 bits per heavy atom. The van der Waals surface area contributed by atoms with Gasteiger partial charge in [0.25, 0.3) is 10.0 Å². The standard InChI is InChI=1S/C11H7ClN2O3S2/c12-9-3-1-7(5-10(9)15)14-19(16,17)11-4-2-8(6-13)18-11/h1-5,14-15H. The van der Waals surface area contributed by atoms with Crippen LogP contribution < -0.4 is 4.72 Å². The van der Waals surface area contributed by atoms with Crippen molar-refractivity contribution >= 4 is 38.6 Å². The summed E-state index contributed by atoms with van der Waals surface area (Å²) in [7, 11) is -3.77. The van der Waals surface area contributed by atoms with E-state index in [9.17, 15) is 13.5 Å². The van der Waals surface area contributed by atoms with Gasteiger partial charge in [0.1, 0.15) is 20.9 Å². The first kappa shape index (κ1) is 13.7. The van der Waals surface area contributed by atoms with E-state index in [1.54, 1.807) is 0 Å². The molecule has 0 atom stereocenters. The van der Waals surface area contributed by atoms with Gasteiger partial charge in [-0.15, -0.1) is 11.3 Å². The van der Waals surface area contributed by atoms with Gasteiger partial charge in [-0.3, -0.25) is 4.72 Å². The van der Waals surface area contributed by atoms with Crippen molar-refractivity contribution in [1.82, 2.24) is 0 Å². The van der Waals surface area contributed by atoms with Crippen LogP contribution in [0.25, 0.3) is 0 Å². The minimum absolute atomic E-state index is 0.0264. The summed E-state index contributed by atoms with van der Waals surface area (Å²) in [5.74, 6) is -0.217. The van der Waals surface area contributed by atoms with Crippen molar-refractivity contribution in [2.45, 2.75) is 4.21 Å². The predicted molar refractivity (Wildman–Crippen MR) is 73.0 cm³/mol. The molecule has 1 aromatic carbocycles. The highest BCUT2D eigenvalue weighted by Crippen LogP contribution is 2.28. The van der Waals surface area contributed by atoms with Crippen molar-refractivity contribution in [3.8, 4) is 11.8 Å². The largest absolute Gasteiger partial charge is 0.506 e. The second-order valence-electron chi connectivity index (χ2n) is 3.50. The molecule has 2 aromatic rings. The van der Waals surface area contributed by atoms with E-state index in [1.807, 2.05) is 6.07 Å². The Morgan fingerprint density at radius 2 is 2.05 bits per heavy atom. The lowest BCUT2D eigenvalue weighted by atomic mass is 10.3. The number of nitrogens with one attached hydrogen (secondary N) is 1. The van der Waals surface area contributed by atoms with E-state index in [1.165, 1.54) is 30.3 Å². The molecule has 0 amide bonds. The fourth-order valence-corrected chi connectivity index (χ4v) is 3.58. The molecule has 1 heterocycles. The molecule has 0 radical (unpaired) electrons. The van der Waals surface area contributed by atoms with Gasteiger partial charge in [0.2, 0.25) is 0 Å². The van der Waals surface area contributed by atoms with Crippen molar-refractivity contribution in [1.29, 1.82) is 5.26 Å². The number of benzene rings is 1. The number of halogens is 1. The fourth-order valence-electron chi connectivity index (χ4n) is 1.31. The molecule has 0 saturated heterocycles.